The number of benzene rings is 2. The van der Waals surface area contributed by atoms with Crippen LogP contribution in [0.3, 0.4) is 0 Å². The van der Waals surface area contributed by atoms with Gasteiger partial charge in [-0.2, -0.15) is 0 Å². The number of fused-ring (bicyclic) bond motifs is 1. The minimum Gasteiger partial charge on any atom is -0.476 e. The second kappa shape index (κ2) is 9.34. The number of anilines is 1. The molecule has 0 radical (unpaired) electrons. The monoisotopic (exact) mass is 499 g/mol. The Bertz CT molecular complexity index is 1740. The maximum Gasteiger partial charge on any atom is 0.295 e. The van der Waals surface area contributed by atoms with E-state index in [9.17, 15) is 14.4 Å². The molecule has 0 spiro atoms. The third-order valence-corrected chi connectivity index (χ3v) is 6.38. The zero-order chi connectivity index (χ0) is 26.3. The number of ether oxygens (including phenoxy) is 1. The first-order chi connectivity index (χ1) is 17.8. The van der Waals surface area contributed by atoms with Gasteiger partial charge in [-0.05, 0) is 68.3 Å². The van der Waals surface area contributed by atoms with E-state index in [1.54, 1.807) is 55.1 Å². The first-order valence-corrected chi connectivity index (χ1v) is 11.6. The number of rotatable bonds is 6. The van der Waals surface area contributed by atoms with Crippen LogP contribution in [0.15, 0.2) is 79.3 Å². The maximum atomic E-state index is 13.4. The molecule has 0 aliphatic carbocycles. The molecule has 1 N–H and O–H groups in total. The van der Waals surface area contributed by atoms with Gasteiger partial charge in [-0.15, -0.1) is 0 Å². The predicted octanol–water partition coefficient (Wildman–Crippen LogP) is 4.49. The molecule has 37 heavy (non-hydrogen) atoms. The quantitative estimate of drug-likeness (QED) is 0.369. The lowest BCUT2D eigenvalue weighted by Crippen LogP contribution is -2.26. The average Bonchev–Trinajstić information content (AvgIpc) is 3.49. The minimum atomic E-state index is -0.601. The van der Waals surface area contributed by atoms with Crippen LogP contribution in [0.2, 0.25) is 0 Å². The number of para-hydroxylation sites is 1. The van der Waals surface area contributed by atoms with E-state index in [4.69, 9.17) is 13.6 Å². The molecular weight excluding hydrogens is 474 g/mol. The third-order valence-electron chi connectivity index (χ3n) is 6.38. The predicted molar refractivity (Wildman–Crippen MR) is 140 cm³/mol. The van der Waals surface area contributed by atoms with Crippen molar-refractivity contribution in [2.24, 2.45) is 7.05 Å². The van der Waals surface area contributed by atoms with Crippen molar-refractivity contribution >= 4 is 22.6 Å². The highest BCUT2D eigenvalue weighted by atomic mass is 16.5. The van der Waals surface area contributed by atoms with Crippen molar-refractivity contribution in [1.82, 2.24) is 9.36 Å². The van der Waals surface area contributed by atoms with E-state index in [1.165, 1.54) is 10.9 Å². The fourth-order valence-corrected chi connectivity index (χ4v) is 4.16. The minimum absolute atomic E-state index is 0.0841. The van der Waals surface area contributed by atoms with Gasteiger partial charge in [-0.3, -0.25) is 19.1 Å². The summed E-state index contributed by atoms with van der Waals surface area (Å²) in [5, 5.41) is 2.96. The standard InChI is InChI=1S/C28H25N3O6/c1-16-13-20-22(14-17(16)2)37-26(21-11-8-12-35-21)27(25(20)33)36-15-23(32)29-24-18(3)30(4)31(28(24)34)19-9-6-5-7-10-19/h5-14H,15H2,1-4H3,(H,29,32). The van der Waals surface area contributed by atoms with Gasteiger partial charge in [0.15, 0.2) is 12.4 Å². The van der Waals surface area contributed by atoms with E-state index < -0.39 is 17.9 Å². The molecule has 0 atom stereocenters. The van der Waals surface area contributed by atoms with E-state index in [1.807, 2.05) is 32.0 Å². The van der Waals surface area contributed by atoms with Crippen LogP contribution < -0.4 is 21.0 Å². The lowest BCUT2D eigenvalue weighted by Gasteiger charge is -2.11. The van der Waals surface area contributed by atoms with Gasteiger partial charge < -0.3 is 18.9 Å². The molecule has 5 rings (SSSR count). The van der Waals surface area contributed by atoms with Gasteiger partial charge in [0.25, 0.3) is 11.5 Å². The molecule has 3 heterocycles. The highest BCUT2D eigenvalue weighted by Crippen LogP contribution is 2.32. The lowest BCUT2D eigenvalue weighted by atomic mass is 10.1. The second-order valence-corrected chi connectivity index (χ2v) is 8.77. The number of furan rings is 1. The zero-order valence-corrected chi connectivity index (χ0v) is 20.8. The normalized spacial score (nSPS) is 11.1. The summed E-state index contributed by atoms with van der Waals surface area (Å²) < 4.78 is 20.3. The van der Waals surface area contributed by atoms with Crippen molar-refractivity contribution in [3.05, 3.63) is 98.3 Å². The summed E-state index contributed by atoms with van der Waals surface area (Å²) in [6, 6.07) is 15.9. The smallest absolute Gasteiger partial charge is 0.295 e. The Balaban J connectivity index is 1.46. The van der Waals surface area contributed by atoms with Gasteiger partial charge in [0.05, 0.1) is 23.0 Å². The highest BCUT2D eigenvalue weighted by Gasteiger charge is 2.23. The number of hydrogen-bond acceptors (Lipinski definition) is 6. The first-order valence-electron chi connectivity index (χ1n) is 11.6. The van der Waals surface area contributed by atoms with Crippen molar-refractivity contribution < 1.29 is 18.4 Å². The van der Waals surface area contributed by atoms with Gasteiger partial charge in [0.2, 0.25) is 16.9 Å². The molecule has 5 aromatic rings. The van der Waals surface area contributed by atoms with Crippen LogP contribution in [0.5, 0.6) is 5.75 Å². The van der Waals surface area contributed by atoms with Crippen LogP contribution in [0.1, 0.15) is 16.8 Å². The van der Waals surface area contributed by atoms with Gasteiger partial charge in [-0.1, -0.05) is 18.2 Å². The lowest BCUT2D eigenvalue weighted by molar-refractivity contribution is -0.118. The first kappa shape index (κ1) is 23.9. The fraction of sp³-hybridized carbons (Fsp3) is 0.179. The summed E-state index contributed by atoms with van der Waals surface area (Å²) >= 11 is 0. The van der Waals surface area contributed by atoms with E-state index in [0.29, 0.717) is 22.4 Å². The fourth-order valence-electron chi connectivity index (χ4n) is 4.16. The Morgan fingerprint density at radius 1 is 1.00 bits per heavy atom. The van der Waals surface area contributed by atoms with Gasteiger partial charge in [-0.25, -0.2) is 4.68 Å². The number of carbonyl (C=O) groups excluding carboxylic acids is 1. The number of carbonyl (C=O) groups is 1. The van der Waals surface area contributed by atoms with Crippen molar-refractivity contribution in [3.8, 4) is 23.0 Å². The molecule has 0 saturated carbocycles. The number of nitrogens with zero attached hydrogens (tertiary/aromatic N) is 2. The summed E-state index contributed by atoms with van der Waals surface area (Å²) in [5.41, 5.74) is 2.82. The molecule has 0 fully saturated rings. The van der Waals surface area contributed by atoms with E-state index in [-0.39, 0.29) is 28.5 Å². The molecule has 2 aromatic carbocycles. The molecule has 188 valence electrons. The Kier molecular flexibility index (Phi) is 6.04. The SMILES string of the molecule is Cc1cc2oc(-c3ccco3)c(OCC(=O)Nc3c(C)n(C)n(-c4ccccc4)c3=O)c(=O)c2cc1C. The van der Waals surface area contributed by atoms with Crippen LogP contribution in [-0.4, -0.2) is 21.9 Å². The largest absolute Gasteiger partial charge is 0.476 e. The topological polar surface area (TPSA) is 109 Å². The highest BCUT2D eigenvalue weighted by molar-refractivity contribution is 5.92. The number of amides is 1. The number of nitrogens with one attached hydrogen (secondary N) is 1. The van der Waals surface area contributed by atoms with Crippen LogP contribution in [0.4, 0.5) is 5.69 Å². The molecule has 9 heteroatoms. The van der Waals surface area contributed by atoms with Crippen molar-refractivity contribution in [2.75, 3.05) is 11.9 Å². The van der Waals surface area contributed by atoms with Crippen molar-refractivity contribution in [3.63, 3.8) is 0 Å². The molecule has 0 unspecified atom stereocenters. The van der Waals surface area contributed by atoms with E-state index >= 15 is 0 Å². The van der Waals surface area contributed by atoms with E-state index in [0.717, 1.165) is 11.1 Å². The van der Waals surface area contributed by atoms with Crippen molar-refractivity contribution in [2.45, 2.75) is 20.8 Å². The summed E-state index contributed by atoms with van der Waals surface area (Å²) in [6.07, 6.45) is 1.45. The zero-order valence-electron chi connectivity index (χ0n) is 20.8. The Morgan fingerprint density at radius 3 is 2.43 bits per heavy atom. The average molecular weight is 500 g/mol. The van der Waals surface area contributed by atoms with Crippen LogP contribution in [0, 0.1) is 20.8 Å². The summed E-state index contributed by atoms with van der Waals surface area (Å²) in [7, 11) is 1.73. The van der Waals surface area contributed by atoms with Crippen LogP contribution in [-0.2, 0) is 11.8 Å². The second-order valence-electron chi connectivity index (χ2n) is 8.77. The Hall–Kier alpha value is -4.79. The molecule has 0 bridgehead atoms. The van der Waals surface area contributed by atoms with Crippen LogP contribution in [0.25, 0.3) is 28.2 Å². The van der Waals surface area contributed by atoms with Crippen molar-refractivity contribution in [1.29, 1.82) is 0 Å². The summed E-state index contributed by atoms with van der Waals surface area (Å²) in [4.78, 5) is 39.3. The Labute approximate surface area is 211 Å². The maximum absolute atomic E-state index is 13.4. The van der Waals surface area contributed by atoms with Gasteiger partial charge >= 0.3 is 0 Å². The molecule has 9 nitrogen and oxygen atoms in total. The number of aryl methyl sites for hydroxylation is 2. The summed E-state index contributed by atoms with van der Waals surface area (Å²) in [6.45, 7) is 5.03. The Morgan fingerprint density at radius 2 is 1.73 bits per heavy atom. The van der Waals surface area contributed by atoms with E-state index in [2.05, 4.69) is 5.32 Å². The summed E-state index contributed by atoms with van der Waals surface area (Å²) in [5.74, 6) is -0.374. The molecule has 0 aliphatic heterocycles. The number of hydrogen-bond donors (Lipinski definition) is 1. The molecule has 3 aromatic heterocycles. The molecule has 0 aliphatic rings. The van der Waals surface area contributed by atoms with Gasteiger partial charge in [0.1, 0.15) is 11.3 Å². The van der Waals surface area contributed by atoms with Gasteiger partial charge in [0, 0.05) is 7.05 Å². The van der Waals surface area contributed by atoms with Crippen LogP contribution >= 0.6 is 0 Å². The molecular formula is C28H25N3O6. The molecule has 0 saturated heterocycles. The third kappa shape index (κ3) is 4.24. The number of aromatic nitrogens is 2. The molecule has 1 amide bonds.